The molecule has 1 rings (SSSR count). The predicted molar refractivity (Wildman–Crippen MR) is 55.3 cm³/mol. The average molecular weight is 196 g/mol. The standard InChI is InChI=1S/C10H16N2O2/c1-10(2,3)14-9(13)11-8-5-6-12(4)7-8/h5-7H,1-4H3,(H,11,13). The number of aryl methyl sites for hydroxylation is 1. The van der Waals surface area contributed by atoms with Gasteiger partial charge in [0.25, 0.3) is 0 Å². The molecule has 78 valence electrons. The van der Waals surface area contributed by atoms with Gasteiger partial charge in [0.15, 0.2) is 0 Å². The van der Waals surface area contributed by atoms with Gasteiger partial charge >= 0.3 is 6.09 Å². The third-order valence-corrected chi connectivity index (χ3v) is 1.48. The van der Waals surface area contributed by atoms with Crippen molar-refractivity contribution in [1.29, 1.82) is 0 Å². The van der Waals surface area contributed by atoms with Crippen LogP contribution in [0.1, 0.15) is 20.8 Å². The van der Waals surface area contributed by atoms with E-state index >= 15 is 0 Å². The van der Waals surface area contributed by atoms with Crippen molar-refractivity contribution in [1.82, 2.24) is 4.57 Å². The van der Waals surface area contributed by atoms with Gasteiger partial charge in [-0.15, -0.1) is 0 Å². The molecule has 0 saturated carbocycles. The number of hydrogen-bond donors (Lipinski definition) is 1. The van der Waals surface area contributed by atoms with Gasteiger partial charge in [-0.25, -0.2) is 4.79 Å². The highest BCUT2D eigenvalue weighted by Crippen LogP contribution is 2.11. The Hall–Kier alpha value is -1.45. The number of carbonyl (C=O) groups excluding carboxylic acids is 1. The molecule has 1 N–H and O–H groups in total. The van der Waals surface area contributed by atoms with Gasteiger partial charge in [0, 0.05) is 19.4 Å². The van der Waals surface area contributed by atoms with Crippen LogP contribution in [0.25, 0.3) is 0 Å². The number of nitrogens with one attached hydrogen (secondary N) is 1. The van der Waals surface area contributed by atoms with Crippen LogP contribution < -0.4 is 5.32 Å². The summed E-state index contributed by atoms with van der Waals surface area (Å²) in [5.41, 5.74) is 0.278. The molecular weight excluding hydrogens is 180 g/mol. The summed E-state index contributed by atoms with van der Waals surface area (Å²) in [6, 6.07) is 1.81. The van der Waals surface area contributed by atoms with Crippen LogP contribution in [-0.2, 0) is 11.8 Å². The number of amides is 1. The summed E-state index contributed by atoms with van der Waals surface area (Å²) < 4.78 is 6.95. The van der Waals surface area contributed by atoms with E-state index in [4.69, 9.17) is 4.74 Å². The van der Waals surface area contributed by atoms with E-state index in [1.165, 1.54) is 0 Å². The molecule has 1 aromatic rings. The van der Waals surface area contributed by atoms with Crippen LogP contribution in [0.5, 0.6) is 0 Å². The topological polar surface area (TPSA) is 43.3 Å². The summed E-state index contributed by atoms with van der Waals surface area (Å²) in [4.78, 5) is 11.3. The van der Waals surface area contributed by atoms with Crippen LogP contribution in [0.15, 0.2) is 18.5 Å². The van der Waals surface area contributed by atoms with Crippen LogP contribution in [0, 0.1) is 0 Å². The van der Waals surface area contributed by atoms with E-state index in [0.717, 1.165) is 5.69 Å². The Labute approximate surface area is 83.9 Å². The van der Waals surface area contributed by atoms with Crippen molar-refractivity contribution in [2.45, 2.75) is 26.4 Å². The van der Waals surface area contributed by atoms with Crippen LogP contribution in [0.4, 0.5) is 10.5 Å². The molecule has 0 saturated heterocycles. The molecule has 0 atom stereocenters. The van der Waals surface area contributed by atoms with Crippen LogP contribution >= 0.6 is 0 Å². The van der Waals surface area contributed by atoms with E-state index in [1.54, 1.807) is 0 Å². The summed E-state index contributed by atoms with van der Waals surface area (Å²) in [5, 5.41) is 2.64. The first kappa shape index (κ1) is 10.6. The molecule has 0 aromatic carbocycles. The summed E-state index contributed by atoms with van der Waals surface area (Å²) >= 11 is 0. The Morgan fingerprint density at radius 2 is 2.14 bits per heavy atom. The lowest BCUT2D eigenvalue weighted by molar-refractivity contribution is 0.0636. The molecule has 0 aliphatic carbocycles. The van der Waals surface area contributed by atoms with Gasteiger partial charge in [-0.2, -0.15) is 0 Å². The molecule has 0 unspecified atom stereocenters. The zero-order valence-electron chi connectivity index (χ0n) is 9.00. The number of carbonyl (C=O) groups is 1. The molecule has 1 heterocycles. The van der Waals surface area contributed by atoms with Crippen molar-refractivity contribution in [2.75, 3.05) is 5.32 Å². The van der Waals surface area contributed by atoms with Crippen LogP contribution in [0.2, 0.25) is 0 Å². The number of ether oxygens (including phenoxy) is 1. The van der Waals surface area contributed by atoms with Crippen LogP contribution in [-0.4, -0.2) is 16.3 Å². The fraction of sp³-hybridized carbons (Fsp3) is 0.500. The van der Waals surface area contributed by atoms with E-state index in [0.29, 0.717) is 0 Å². The minimum Gasteiger partial charge on any atom is -0.444 e. The maximum atomic E-state index is 11.3. The van der Waals surface area contributed by atoms with Gasteiger partial charge in [0.2, 0.25) is 0 Å². The highest BCUT2D eigenvalue weighted by atomic mass is 16.6. The van der Waals surface area contributed by atoms with E-state index in [1.807, 2.05) is 50.8 Å². The fourth-order valence-corrected chi connectivity index (χ4v) is 0.999. The first-order valence-corrected chi connectivity index (χ1v) is 4.49. The average Bonchev–Trinajstić information content (AvgIpc) is 2.30. The summed E-state index contributed by atoms with van der Waals surface area (Å²) in [5.74, 6) is 0. The van der Waals surface area contributed by atoms with Crippen molar-refractivity contribution < 1.29 is 9.53 Å². The monoisotopic (exact) mass is 196 g/mol. The molecular formula is C10H16N2O2. The zero-order chi connectivity index (χ0) is 10.8. The molecule has 1 amide bonds. The molecule has 4 heteroatoms. The summed E-state index contributed by atoms with van der Waals surface area (Å²) in [6.45, 7) is 5.49. The SMILES string of the molecule is Cn1ccc(NC(=O)OC(C)(C)C)c1. The third kappa shape index (κ3) is 3.51. The van der Waals surface area contributed by atoms with E-state index in [2.05, 4.69) is 5.32 Å². The summed E-state index contributed by atoms with van der Waals surface area (Å²) in [6.07, 6.45) is 3.24. The number of anilines is 1. The Kier molecular flexibility index (Phi) is 2.84. The van der Waals surface area contributed by atoms with Crippen molar-refractivity contribution in [3.63, 3.8) is 0 Å². The van der Waals surface area contributed by atoms with Gasteiger partial charge < -0.3 is 9.30 Å². The zero-order valence-corrected chi connectivity index (χ0v) is 9.00. The Balaban J connectivity index is 2.50. The van der Waals surface area contributed by atoms with Gasteiger partial charge in [0.05, 0.1) is 5.69 Å². The van der Waals surface area contributed by atoms with E-state index in [-0.39, 0.29) is 0 Å². The fourth-order valence-electron chi connectivity index (χ4n) is 0.999. The molecule has 4 nitrogen and oxygen atoms in total. The number of aromatic nitrogens is 1. The predicted octanol–water partition coefficient (Wildman–Crippen LogP) is 2.37. The van der Waals surface area contributed by atoms with Crippen molar-refractivity contribution in [3.8, 4) is 0 Å². The number of nitrogens with zero attached hydrogens (tertiary/aromatic N) is 1. The van der Waals surface area contributed by atoms with E-state index < -0.39 is 11.7 Å². The molecule has 0 aliphatic heterocycles. The molecule has 0 fully saturated rings. The summed E-state index contributed by atoms with van der Waals surface area (Å²) in [7, 11) is 1.89. The number of rotatable bonds is 1. The lowest BCUT2D eigenvalue weighted by Gasteiger charge is -2.19. The lowest BCUT2D eigenvalue weighted by atomic mass is 10.2. The lowest BCUT2D eigenvalue weighted by Crippen LogP contribution is -2.27. The highest BCUT2D eigenvalue weighted by molar-refractivity contribution is 5.84. The minimum absolute atomic E-state index is 0.427. The maximum Gasteiger partial charge on any atom is 0.412 e. The Bertz CT molecular complexity index is 323. The van der Waals surface area contributed by atoms with Gasteiger partial charge in [-0.3, -0.25) is 5.32 Å². The normalized spacial score (nSPS) is 11.1. The van der Waals surface area contributed by atoms with E-state index in [9.17, 15) is 4.79 Å². The molecule has 0 aliphatic rings. The van der Waals surface area contributed by atoms with Gasteiger partial charge in [0.1, 0.15) is 5.60 Å². The van der Waals surface area contributed by atoms with Crippen LogP contribution in [0.3, 0.4) is 0 Å². The van der Waals surface area contributed by atoms with Gasteiger partial charge in [-0.05, 0) is 26.8 Å². The van der Waals surface area contributed by atoms with Gasteiger partial charge in [-0.1, -0.05) is 0 Å². The van der Waals surface area contributed by atoms with Crippen molar-refractivity contribution in [2.24, 2.45) is 7.05 Å². The molecule has 0 bridgehead atoms. The molecule has 1 aromatic heterocycles. The maximum absolute atomic E-state index is 11.3. The Morgan fingerprint density at radius 3 is 2.57 bits per heavy atom. The molecule has 0 spiro atoms. The molecule has 0 radical (unpaired) electrons. The smallest absolute Gasteiger partial charge is 0.412 e. The first-order valence-electron chi connectivity index (χ1n) is 4.49. The van der Waals surface area contributed by atoms with Crippen molar-refractivity contribution in [3.05, 3.63) is 18.5 Å². The largest absolute Gasteiger partial charge is 0.444 e. The third-order valence-electron chi connectivity index (χ3n) is 1.48. The van der Waals surface area contributed by atoms with Crippen molar-refractivity contribution >= 4 is 11.8 Å². The minimum atomic E-state index is -0.459. The highest BCUT2D eigenvalue weighted by Gasteiger charge is 2.16. The Morgan fingerprint density at radius 1 is 1.50 bits per heavy atom. The number of hydrogen-bond acceptors (Lipinski definition) is 2. The first-order chi connectivity index (χ1) is 6.37. The second kappa shape index (κ2) is 3.74. The second-order valence-electron chi connectivity index (χ2n) is 4.19. The second-order valence-corrected chi connectivity index (χ2v) is 4.19. The molecule has 14 heavy (non-hydrogen) atoms. The quantitative estimate of drug-likeness (QED) is 0.749.